The normalized spacial score (nSPS) is 11.3. The van der Waals surface area contributed by atoms with Crippen LogP contribution >= 0.6 is 7.92 Å². The monoisotopic (exact) mass is 650 g/mol. The summed E-state index contributed by atoms with van der Waals surface area (Å²) in [6.07, 6.45) is 0.715. The van der Waals surface area contributed by atoms with Gasteiger partial charge in [-0.3, -0.25) is 4.55 Å². The Morgan fingerprint density at radius 1 is 0.763 bits per heavy atom. The van der Waals surface area contributed by atoms with Gasteiger partial charge in [-0.1, -0.05) is 110 Å². The minimum absolute atomic E-state index is 0. The Balaban J connectivity index is 0.000000609. The van der Waals surface area contributed by atoms with Crippen LogP contribution in [0.2, 0.25) is 0 Å². The van der Waals surface area contributed by atoms with Crippen molar-refractivity contribution >= 4 is 34.7 Å². The molecule has 0 spiro atoms. The molecule has 3 aromatic rings. The van der Waals surface area contributed by atoms with E-state index < -0.39 is 10.1 Å². The van der Waals surface area contributed by atoms with E-state index in [1.54, 1.807) is 0 Å². The summed E-state index contributed by atoms with van der Waals surface area (Å²) in [6.45, 7) is 14.2. The quantitative estimate of drug-likeness (QED) is 0.176. The summed E-state index contributed by atoms with van der Waals surface area (Å²) in [5.74, 6) is 0. The largest absolute Gasteiger partial charge is 0.388 e. The van der Waals surface area contributed by atoms with Gasteiger partial charge in [0.2, 0.25) is 0 Å². The molecule has 0 saturated carbocycles. The first kappa shape index (κ1) is 36.3. The first-order chi connectivity index (χ1) is 16.9. The molecule has 0 aliphatic heterocycles. The van der Waals surface area contributed by atoms with Gasteiger partial charge in [-0.05, 0) is 39.4 Å². The third-order valence-electron chi connectivity index (χ3n) is 5.25. The number of para-hydroxylation sites is 1. The van der Waals surface area contributed by atoms with Crippen LogP contribution in [0.5, 0.6) is 0 Å². The summed E-state index contributed by atoms with van der Waals surface area (Å²) < 4.78 is 25.9. The third-order valence-corrected chi connectivity index (χ3v) is 8.74. The molecule has 0 bridgehead atoms. The van der Waals surface area contributed by atoms with Gasteiger partial charge in [0.1, 0.15) is 0 Å². The molecule has 0 unspecified atom stereocenters. The molecule has 0 aliphatic carbocycles. The number of hydrogen-bond donors (Lipinski definition) is 2. The molecule has 214 valence electrons. The second-order valence-corrected chi connectivity index (χ2v) is 16.3. The van der Waals surface area contributed by atoms with Crippen LogP contribution in [-0.2, 0) is 30.5 Å². The molecule has 38 heavy (non-hydrogen) atoms. The molecule has 3 aromatic carbocycles. The first-order valence-electron chi connectivity index (χ1n) is 12.3. The van der Waals surface area contributed by atoms with Crippen LogP contribution < -0.4 is 15.5 Å². The van der Waals surface area contributed by atoms with E-state index in [1.165, 1.54) is 27.8 Å². The summed E-state index contributed by atoms with van der Waals surface area (Å²) >= 11 is 0. The molecular weight excluding hydrogens is 606 g/mol. The molecule has 2 N–H and O–H groups in total. The zero-order valence-electron chi connectivity index (χ0n) is 24.4. The van der Waals surface area contributed by atoms with Crippen molar-refractivity contribution in [1.29, 1.82) is 0 Å². The molecule has 0 aliphatic rings. The molecule has 0 fully saturated rings. The van der Waals surface area contributed by atoms with Gasteiger partial charge in [-0.2, -0.15) is 8.42 Å². The van der Waals surface area contributed by atoms with Crippen molar-refractivity contribution in [2.75, 3.05) is 37.6 Å². The number of hydrogen-bond acceptors (Lipinski definition) is 4. The average Bonchev–Trinajstić information content (AvgIpc) is 2.77. The molecule has 8 heteroatoms. The average molecular weight is 651 g/mol. The number of benzene rings is 3. The van der Waals surface area contributed by atoms with Crippen LogP contribution in [0.4, 0.5) is 11.4 Å². The summed E-state index contributed by atoms with van der Waals surface area (Å²) in [5, 5.41) is 5.38. The van der Waals surface area contributed by atoms with Gasteiger partial charge >= 0.3 is 0 Å². The SMILES string of the molecule is CN(C)c1ccc(P(C(C)(C)C)C(C)(C)C)cc1.CNc1ccccc1-c1ccccc1.CS(=O)(=O)O.[Pd]. The van der Waals surface area contributed by atoms with E-state index in [1.807, 2.05) is 19.2 Å². The van der Waals surface area contributed by atoms with Gasteiger partial charge in [0, 0.05) is 58.5 Å². The number of nitrogens with zero attached hydrogens (tertiary/aromatic N) is 1. The maximum atomic E-state index is 9.19. The van der Waals surface area contributed by atoms with Crippen molar-refractivity contribution in [2.45, 2.75) is 51.9 Å². The van der Waals surface area contributed by atoms with Crippen LogP contribution in [0.1, 0.15) is 41.5 Å². The Morgan fingerprint density at radius 2 is 1.18 bits per heavy atom. The van der Waals surface area contributed by atoms with Crippen LogP contribution in [0, 0.1) is 0 Å². The summed E-state index contributed by atoms with van der Waals surface area (Å²) in [5.41, 5.74) is 4.93. The molecule has 5 nitrogen and oxygen atoms in total. The van der Waals surface area contributed by atoms with Crippen molar-refractivity contribution in [3.8, 4) is 11.1 Å². The summed E-state index contributed by atoms with van der Waals surface area (Å²) in [4.78, 5) is 2.15. The van der Waals surface area contributed by atoms with Gasteiger partial charge in [0.25, 0.3) is 10.1 Å². The van der Waals surface area contributed by atoms with Crippen molar-refractivity contribution < 1.29 is 33.4 Å². The van der Waals surface area contributed by atoms with E-state index in [0.29, 0.717) is 16.6 Å². The molecule has 0 aromatic heterocycles. The fourth-order valence-corrected chi connectivity index (χ4v) is 8.26. The standard InChI is InChI=1S/C16H28NP.C13H13N.CH4O3S.Pd/c1-15(2,3)18(16(4,5)6)14-11-9-13(10-12-14)17(7)8;1-14-13-10-6-5-9-12(13)11-7-3-2-4-8-11;1-5(2,3)4;/h9-12H,1-8H3;2-10,14H,1H3;1H3,(H,2,3,4);. The van der Waals surface area contributed by atoms with Crippen LogP contribution in [0.15, 0.2) is 78.9 Å². The zero-order valence-corrected chi connectivity index (χ0v) is 27.7. The molecule has 0 amide bonds. The summed E-state index contributed by atoms with van der Waals surface area (Å²) in [6, 6.07) is 27.8. The van der Waals surface area contributed by atoms with E-state index in [-0.39, 0.29) is 28.3 Å². The molecule has 0 atom stereocenters. The van der Waals surface area contributed by atoms with Gasteiger partial charge in [-0.15, -0.1) is 0 Å². The Bertz CT molecular complexity index is 1170. The van der Waals surface area contributed by atoms with Gasteiger partial charge in [0.15, 0.2) is 0 Å². The predicted octanol–water partition coefficient (Wildman–Crippen LogP) is 7.35. The number of nitrogens with one attached hydrogen (secondary N) is 1. The third kappa shape index (κ3) is 13.4. The van der Waals surface area contributed by atoms with Crippen LogP contribution in [-0.4, -0.2) is 50.7 Å². The molecular formula is C30H45N2O3PPdS. The van der Waals surface area contributed by atoms with Crippen molar-refractivity contribution in [3.05, 3.63) is 78.9 Å². The van der Waals surface area contributed by atoms with Crippen molar-refractivity contribution in [2.24, 2.45) is 0 Å². The van der Waals surface area contributed by atoms with E-state index in [2.05, 4.69) is 133 Å². The predicted molar refractivity (Wildman–Crippen MR) is 166 cm³/mol. The fraction of sp³-hybridized carbons (Fsp3) is 0.400. The molecule has 0 heterocycles. The molecule has 3 rings (SSSR count). The van der Waals surface area contributed by atoms with Crippen LogP contribution in [0.25, 0.3) is 11.1 Å². The fourth-order valence-electron chi connectivity index (χ4n) is 4.25. The van der Waals surface area contributed by atoms with Gasteiger partial charge in [0.05, 0.1) is 6.26 Å². The zero-order chi connectivity index (χ0) is 28.4. The Morgan fingerprint density at radius 3 is 1.58 bits per heavy atom. The van der Waals surface area contributed by atoms with E-state index in [9.17, 15) is 8.42 Å². The second-order valence-electron chi connectivity index (χ2n) is 11.0. The minimum Gasteiger partial charge on any atom is -0.388 e. The maximum Gasteiger partial charge on any atom is 0.261 e. The smallest absolute Gasteiger partial charge is 0.261 e. The summed E-state index contributed by atoms with van der Waals surface area (Å²) in [7, 11) is 2.27. The van der Waals surface area contributed by atoms with Crippen molar-refractivity contribution in [3.63, 3.8) is 0 Å². The Hall–Kier alpha value is -1.74. The van der Waals surface area contributed by atoms with E-state index >= 15 is 0 Å². The van der Waals surface area contributed by atoms with E-state index in [4.69, 9.17) is 4.55 Å². The number of anilines is 2. The van der Waals surface area contributed by atoms with Crippen molar-refractivity contribution in [1.82, 2.24) is 0 Å². The Labute approximate surface area is 246 Å². The van der Waals surface area contributed by atoms with Gasteiger partial charge < -0.3 is 10.2 Å². The molecule has 0 radical (unpaired) electrons. The first-order valence-corrected chi connectivity index (χ1v) is 15.5. The minimum atomic E-state index is -3.67. The molecule has 0 saturated heterocycles. The Kier molecular flexibility index (Phi) is 15.0. The van der Waals surface area contributed by atoms with E-state index in [0.717, 1.165) is 0 Å². The number of rotatable bonds is 4. The van der Waals surface area contributed by atoms with Crippen LogP contribution in [0.3, 0.4) is 0 Å². The topological polar surface area (TPSA) is 69.6 Å². The van der Waals surface area contributed by atoms with Gasteiger partial charge in [-0.25, -0.2) is 0 Å². The second kappa shape index (κ2) is 15.8. The maximum absolute atomic E-state index is 9.19.